The molecule has 6 rings (SSSR count). The number of amides is 2. The fourth-order valence-electron chi connectivity index (χ4n) is 5.84. The molecule has 3 aromatic rings. The van der Waals surface area contributed by atoms with Gasteiger partial charge in [-0.05, 0) is 67.7 Å². The van der Waals surface area contributed by atoms with Crippen molar-refractivity contribution in [3.63, 3.8) is 0 Å². The molecule has 1 saturated heterocycles. The summed E-state index contributed by atoms with van der Waals surface area (Å²) in [7, 11) is 1.89. The van der Waals surface area contributed by atoms with Crippen LogP contribution in [0.3, 0.4) is 0 Å². The molecule has 2 heterocycles. The molecule has 2 aromatic carbocycles. The fourth-order valence-corrected chi connectivity index (χ4v) is 5.84. The van der Waals surface area contributed by atoms with Crippen LogP contribution in [0.4, 0.5) is 5.69 Å². The number of aliphatic hydroxyl groups excluding tert-OH is 1. The molecule has 37 heavy (non-hydrogen) atoms. The van der Waals surface area contributed by atoms with Crippen LogP contribution in [0.2, 0.25) is 0 Å². The average Bonchev–Trinajstić information content (AvgIpc) is 3.72. The van der Waals surface area contributed by atoms with Gasteiger partial charge >= 0.3 is 0 Å². The van der Waals surface area contributed by atoms with Crippen LogP contribution in [-0.4, -0.2) is 68.1 Å². The maximum absolute atomic E-state index is 13.6. The van der Waals surface area contributed by atoms with Crippen molar-refractivity contribution in [3.8, 4) is 0 Å². The molecule has 3 fully saturated rings. The molecule has 8 heteroatoms. The van der Waals surface area contributed by atoms with Gasteiger partial charge in [-0.1, -0.05) is 30.3 Å². The van der Waals surface area contributed by atoms with Crippen molar-refractivity contribution in [2.24, 2.45) is 7.05 Å². The van der Waals surface area contributed by atoms with Crippen molar-refractivity contribution in [2.45, 2.75) is 63.1 Å². The minimum Gasteiger partial charge on any atom is -0.393 e. The Kier molecular flexibility index (Phi) is 6.36. The van der Waals surface area contributed by atoms with Crippen LogP contribution >= 0.6 is 0 Å². The summed E-state index contributed by atoms with van der Waals surface area (Å²) in [6.07, 6.45) is 5.26. The van der Waals surface area contributed by atoms with E-state index in [0.717, 1.165) is 42.4 Å². The highest BCUT2D eigenvalue weighted by molar-refractivity contribution is 6.00. The van der Waals surface area contributed by atoms with Gasteiger partial charge < -0.3 is 24.8 Å². The highest BCUT2D eigenvalue weighted by Gasteiger charge is 2.35. The lowest BCUT2D eigenvalue weighted by Crippen LogP contribution is -2.56. The molecule has 0 bridgehead atoms. The van der Waals surface area contributed by atoms with Crippen LogP contribution in [0.25, 0.3) is 11.0 Å². The van der Waals surface area contributed by atoms with Crippen LogP contribution in [0.5, 0.6) is 0 Å². The number of hydrogen-bond acceptors (Lipinski definition) is 5. The number of aryl methyl sites for hydroxylation is 1. The molecular weight excluding hydrogens is 466 g/mol. The third-order valence-electron chi connectivity index (χ3n) is 8.23. The van der Waals surface area contributed by atoms with Crippen LogP contribution in [0.1, 0.15) is 66.2 Å². The van der Waals surface area contributed by atoms with Gasteiger partial charge in [-0.3, -0.25) is 9.59 Å². The van der Waals surface area contributed by atoms with Crippen molar-refractivity contribution in [2.75, 3.05) is 25.0 Å². The summed E-state index contributed by atoms with van der Waals surface area (Å²) in [6, 6.07) is 14.8. The zero-order valence-corrected chi connectivity index (χ0v) is 21.4. The summed E-state index contributed by atoms with van der Waals surface area (Å²) in [5.41, 5.74) is 5.14. The van der Waals surface area contributed by atoms with Gasteiger partial charge in [0.05, 0.1) is 17.3 Å². The topological polar surface area (TPSA) is 90.7 Å². The molecule has 0 atom stereocenters. The summed E-state index contributed by atoms with van der Waals surface area (Å²) >= 11 is 0. The quantitative estimate of drug-likeness (QED) is 0.538. The minimum atomic E-state index is -0.251. The molecule has 0 spiro atoms. The van der Waals surface area contributed by atoms with E-state index in [1.54, 1.807) is 4.90 Å². The lowest BCUT2D eigenvalue weighted by Gasteiger charge is -2.41. The number of piperazine rings is 1. The lowest BCUT2D eigenvalue weighted by molar-refractivity contribution is -0.138. The van der Waals surface area contributed by atoms with Gasteiger partial charge in [0.25, 0.3) is 5.91 Å². The fraction of sp³-hybridized carbons (Fsp3) is 0.483. The number of anilines is 1. The Morgan fingerprint density at radius 1 is 1.05 bits per heavy atom. The zero-order chi connectivity index (χ0) is 25.5. The monoisotopic (exact) mass is 501 g/mol. The van der Waals surface area contributed by atoms with Crippen molar-refractivity contribution in [3.05, 3.63) is 59.4 Å². The number of carbonyl (C=O) groups is 2. The highest BCUT2D eigenvalue weighted by atomic mass is 16.3. The van der Waals surface area contributed by atoms with Crippen LogP contribution < -0.4 is 5.32 Å². The van der Waals surface area contributed by atoms with Crippen molar-refractivity contribution in [1.82, 2.24) is 19.4 Å². The van der Waals surface area contributed by atoms with Crippen LogP contribution in [-0.2, 0) is 18.4 Å². The highest BCUT2D eigenvalue weighted by Crippen LogP contribution is 2.42. The van der Waals surface area contributed by atoms with E-state index in [1.807, 2.05) is 34.7 Å². The van der Waals surface area contributed by atoms with E-state index in [4.69, 9.17) is 4.98 Å². The summed E-state index contributed by atoms with van der Waals surface area (Å²) in [5, 5.41) is 13.4. The van der Waals surface area contributed by atoms with Gasteiger partial charge in [0.2, 0.25) is 5.91 Å². The molecule has 0 unspecified atom stereocenters. The van der Waals surface area contributed by atoms with Gasteiger partial charge in [-0.25, -0.2) is 4.98 Å². The van der Waals surface area contributed by atoms with Crippen LogP contribution in [0, 0.1) is 0 Å². The number of imidazole rings is 1. The number of nitrogens with zero attached hydrogens (tertiary/aromatic N) is 4. The molecule has 2 N–H and O–H groups in total. The number of aliphatic hydroxyl groups is 1. The second-order valence-corrected chi connectivity index (χ2v) is 10.8. The first-order chi connectivity index (χ1) is 18.0. The lowest BCUT2D eigenvalue weighted by atomic mass is 9.91. The van der Waals surface area contributed by atoms with E-state index in [1.165, 1.54) is 24.0 Å². The number of benzene rings is 2. The Labute approximate surface area is 217 Å². The number of hydrogen-bond donors (Lipinski definition) is 2. The van der Waals surface area contributed by atoms with Crippen LogP contribution in [0.15, 0.2) is 42.5 Å². The molecule has 2 amide bonds. The van der Waals surface area contributed by atoms with Crippen molar-refractivity contribution in [1.29, 1.82) is 0 Å². The standard InChI is InChI=1S/C29H35N5O3/c1-32-25-16-21(20-7-8-20)15-24(30-17-19-5-3-2-4-6-19)27(25)31-28(32)29(37)33-13-14-34(26(36)18-33)22-9-11-23(35)12-10-22/h2-6,15-16,20,22-23,30,35H,7-14,17-18H2,1H3/t22-,23-. The molecule has 3 aliphatic rings. The first-order valence-corrected chi connectivity index (χ1v) is 13.5. The summed E-state index contributed by atoms with van der Waals surface area (Å²) in [4.78, 5) is 35.0. The van der Waals surface area contributed by atoms with Gasteiger partial charge in [0.1, 0.15) is 12.1 Å². The largest absolute Gasteiger partial charge is 0.393 e. The maximum Gasteiger partial charge on any atom is 0.290 e. The van der Waals surface area contributed by atoms with Gasteiger partial charge in [-0.15, -0.1) is 0 Å². The number of rotatable bonds is 6. The third-order valence-corrected chi connectivity index (χ3v) is 8.23. The first kappa shape index (κ1) is 24.0. The normalized spacial score (nSPS) is 22.5. The van der Waals surface area contributed by atoms with Gasteiger partial charge in [0.15, 0.2) is 5.82 Å². The third kappa shape index (κ3) is 4.82. The molecule has 1 aromatic heterocycles. The van der Waals surface area contributed by atoms with Gasteiger partial charge in [0, 0.05) is 32.7 Å². The van der Waals surface area contributed by atoms with Crippen molar-refractivity contribution < 1.29 is 14.7 Å². The molecular formula is C29H35N5O3. The Hall–Kier alpha value is -3.39. The molecule has 194 valence electrons. The summed E-state index contributed by atoms with van der Waals surface area (Å²) < 4.78 is 1.89. The SMILES string of the molecule is Cn1c(C(=O)N2CCN([C@H]3CC[C@H](O)CC3)C(=O)C2)nc2c(NCc3ccccc3)cc(C3CC3)cc21. The average molecular weight is 502 g/mol. The number of nitrogens with one attached hydrogen (secondary N) is 1. The van der Waals surface area contributed by atoms with E-state index in [0.29, 0.717) is 31.4 Å². The smallest absolute Gasteiger partial charge is 0.290 e. The van der Waals surface area contributed by atoms with Crippen molar-refractivity contribution >= 4 is 28.5 Å². The van der Waals surface area contributed by atoms with E-state index in [9.17, 15) is 14.7 Å². The minimum absolute atomic E-state index is 0.0130. The predicted molar refractivity (Wildman–Crippen MR) is 142 cm³/mol. The second kappa shape index (κ2) is 9.82. The molecule has 2 saturated carbocycles. The molecule has 1 aliphatic heterocycles. The molecule has 0 radical (unpaired) electrons. The summed E-state index contributed by atoms with van der Waals surface area (Å²) in [5.74, 6) is 0.726. The van der Waals surface area contributed by atoms with E-state index < -0.39 is 0 Å². The molecule has 8 nitrogen and oxygen atoms in total. The Bertz CT molecular complexity index is 1310. The zero-order valence-electron chi connectivity index (χ0n) is 21.4. The Morgan fingerprint density at radius 2 is 1.81 bits per heavy atom. The van der Waals surface area contributed by atoms with E-state index >= 15 is 0 Å². The van der Waals surface area contributed by atoms with E-state index in [2.05, 4.69) is 29.6 Å². The maximum atomic E-state index is 13.6. The Balaban J connectivity index is 1.23. The number of aromatic nitrogens is 2. The second-order valence-electron chi connectivity index (χ2n) is 10.8. The number of carbonyl (C=O) groups excluding carboxylic acids is 2. The predicted octanol–water partition coefficient (Wildman–Crippen LogP) is 3.65. The Morgan fingerprint density at radius 3 is 2.51 bits per heavy atom. The molecule has 2 aliphatic carbocycles. The van der Waals surface area contributed by atoms with Gasteiger partial charge in [-0.2, -0.15) is 0 Å². The first-order valence-electron chi connectivity index (χ1n) is 13.5. The summed E-state index contributed by atoms with van der Waals surface area (Å²) in [6.45, 7) is 1.79. The van der Waals surface area contributed by atoms with E-state index in [-0.39, 0.29) is 30.5 Å². The number of fused-ring (bicyclic) bond motifs is 1.